The van der Waals surface area contributed by atoms with E-state index in [1.165, 1.54) is 13.2 Å². The van der Waals surface area contributed by atoms with Gasteiger partial charge in [0.25, 0.3) is 5.91 Å². The Kier molecular flexibility index (Phi) is 4.74. The van der Waals surface area contributed by atoms with Gasteiger partial charge in [0.2, 0.25) is 5.89 Å². The summed E-state index contributed by atoms with van der Waals surface area (Å²) >= 11 is 0. The van der Waals surface area contributed by atoms with Crippen molar-refractivity contribution in [2.24, 2.45) is 0 Å². The number of benzene rings is 2. The summed E-state index contributed by atoms with van der Waals surface area (Å²) in [7, 11) is 1.44. The van der Waals surface area contributed by atoms with E-state index in [4.69, 9.17) is 14.9 Å². The first-order chi connectivity index (χ1) is 15.7. The number of nitrogens with zero attached hydrogens (tertiary/aromatic N) is 2. The lowest BCUT2D eigenvalue weighted by Gasteiger charge is -2.34. The topological polar surface area (TPSA) is 106 Å². The maximum Gasteiger partial charge on any atom is 0.406 e. The van der Waals surface area contributed by atoms with Crippen molar-refractivity contribution in [2.75, 3.05) is 12.8 Å². The molecule has 1 aromatic heterocycles. The molecule has 2 aromatic carbocycles. The molecule has 172 valence electrons. The molecule has 3 aromatic rings. The summed E-state index contributed by atoms with van der Waals surface area (Å²) in [6.45, 7) is 1.61. The molecule has 2 aliphatic rings. The quantitative estimate of drug-likeness (QED) is 0.517. The van der Waals surface area contributed by atoms with Gasteiger partial charge in [-0.25, -0.2) is 15.4 Å². The summed E-state index contributed by atoms with van der Waals surface area (Å²) in [5.41, 5.74) is 10.1. The number of nitrogens with one attached hydrogen (secondary N) is 2. The predicted molar refractivity (Wildman–Crippen MR) is 113 cm³/mol. The van der Waals surface area contributed by atoms with E-state index in [1.54, 1.807) is 43.3 Å². The Balaban J connectivity index is 1.59. The zero-order valence-electron chi connectivity index (χ0n) is 17.6. The molecule has 3 unspecified atom stereocenters. The Bertz CT molecular complexity index is 1270. The fourth-order valence-electron chi connectivity index (χ4n) is 4.43. The number of nitrogen functional groups attached to an aromatic ring is 1. The van der Waals surface area contributed by atoms with Crippen molar-refractivity contribution < 1.29 is 27.1 Å². The van der Waals surface area contributed by atoms with Gasteiger partial charge in [-0.3, -0.25) is 4.79 Å². The summed E-state index contributed by atoms with van der Waals surface area (Å²) in [6, 6.07) is 9.43. The first kappa shape index (κ1) is 21.1. The molecule has 2 aliphatic heterocycles. The second-order valence-corrected chi connectivity index (χ2v) is 7.94. The number of oxazole rings is 1. The number of methoxy groups -OCH3 is 1. The minimum absolute atomic E-state index is 0.0187. The monoisotopic (exact) mass is 459 g/mol. The number of amides is 1. The standard InChI is InChI=1S/C22H20F3N5O3/c1-10-15(20-28-17-13(32-2)8-12(26)9-14(17)33-20)21(31)30-19(27-10)16(11-6-4-3-5-7-11)18(29-30)22(23,24)25/h3-9,16,18-19,27,29H,26H2,1-2H3. The molecule has 8 nitrogen and oxygen atoms in total. The zero-order chi connectivity index (χ0) is 23.5. The van der Waals surface area contributed by atoms with Crippen LogP contribution < -0.4 is 21.2 Å². The maximum atomic E-state index is 13.9. The van der Waals surface area contributed by atoms with Crippen LogP contribution in [0, 0.1) is 0 Å². The van der Waals surface area contributed by atoms with Crippen LogP contribution in [0.5, 0.6) is 5.75 Å². The van der Waals surface area contributed by atoms with Crippen LogP contribution in [0.4, 0.5) is 18.9 Å². The summed E-state index contributed by atoms with van der Waals surface area (Å²) in [6.07, 6.45) is -5.54. The molecule has 0 saturated carbocycles. The second-order valence-electron chi connectivity index (χ2n) is 7.94. The third kappa shape index (κ3) is 3.35. The highest BCUT2D eigenvalue weighted by molar-refractivity contribution is 6.20. The maximum absolute atomic E-state index is 13.9. The first-order valence-corrected chi connectivity index (χ1v) is 10.1. The minimum atomic E-state index is -4.59. The number of aromatic nitrogens is 1. The van der Waals surface area contributed by atoms with Crippen LogP contribution in [0.2, 0.25) is 0 Å². The Morgan fingerprint density at radius 1 is 1.21 bits per heavy atom. The third-order valence-electron chi connectivity index (χ3n) is 5.88. The number of rotatable bonds is 3. The lowest BCUT2D eigenvalue weighted by Crippen LogP contribution is -2.54. The van der Waals surface area contributed by atoms with E-state index in [0.29, 0.717) is 33.8 Å². The van der Waals surface area contributed by atoms with Gasteiger partial charge in [-0.15, -0.1) is 0 Å². The molecule has 0 bridgehead atoms. The smallest absolute Gasteiger partial charge is 0.406 e. The molecule has 11 heteroatoms. The number of anilines is 1. The number of hydrogen-bond acceptors (Lipinski definition) is 7. The van der Waals surface area contributed by atoms with E-state index < -0.39 is 30.2 Å². The predicted octanol–water partition coefficient (Wildman–Crippen LogP) is 3.14. The molecule has 0 aliphatic carbocycles. The molecular weight excluding hydrogens is 439 g/mol. The number of halogens is 3. The number of hydrogen-bond donors (Lipinski definition) is 3. The van der Waals surface area contributed by atoms with E-state index in [-0.39, 0.29) is 11.5 Å². The molecule has 0 radical (unpaired) electrons. The lowest BCUT2D eigenvalue weighted by molar-refractivity contribution is -0.161. The number of carbonyl (C=O) groups is 1. The van der Waals surface area contributed by atoms with Gasteiger partial charge in [0.1, 0.15) is 17.8 Å². The Hall–Kier alpha value is -3.73. The minimum Gasteiger partial charge on any atom is -0.494 e. The number of carbonyl (C=O) groups excluding carboxylic acids is 1. The van der Waals surface area contributed by atoms with Crippen molar-refractivity contribution in [1.82, 2.24) is 20.7 Å². The third-order valence-corrected chi connectivity index (χ3v) is 5.88. The van der Waals surface area contributed by atoms with Gasteiger partial charge < -0.3 is 20.2 Å². The van der Waals surface area contributed by atoms with Gasteiger partial charge in [-0.05, 0) is 12.5 Å². The normalized spacial score (nSPS) is 23.1. The molecule has 1 amide bonds. The highest BCUT2D eigenvalue weighted by atomic mass is 19.4. The van der Waals surface area contributed by atoms with Gasteiger partial charge in [0, 0.05) is 23.5 Å². The van der Waals surface area contributed by atoms with Gasteiger partial charge in [0.15, 0.2) is 16.8 Å². The van der Waals surface area contributed by atoms with Crippen molar-refractivity contribution in [1.29, 1.82) is 0 Å². The van der Waals surface area contributed by atoms with Crippen LogP contribution in [0.15, 0.2) is 52.6 Å². The zero-order valence-corrected chi connectivity index (χ0v) is 17.6. The SMILES string of the molecule is COc1cc(N)cc2oc(C3=C(C)NC4C(c5ccccc5)C(C(F)(F)F)NN4C3=O)nc12. The number of ether oxygens (including phenoxy) is 1. The van der Waals surface area contributed by atoms with Gasteiger partial charge in [0.05, 0.1) is 13.0 Å². The van der Waals surface area contributed by atoms with Crippen LogP contribution in [0.1, 0.15) is 24.3 Å². The fraction of sp³-hybridized carbons (Fsp3) is 0.273. The largest absolute Gasteiger partial charge is 0.494 e. The average Bonchev–Trinajstić information content (AvgIpc) is 3.35. The van der Waals surface area contributed by atoms with Crippen molar-refractivity contribution >= 4 is 28.3 Å². The van der Waals surface area contributed by atoms with Crippen LogP contribution >= 0.6 is 0 Å². The molecule has 3 atom stereocenters. The summed E-state index contributed by atoms with van der Waals surface area (Å²) in [5, 5.41) is 4.03. The number of allylic oxidation sites excluding steroid dienone is 1. The van der Waals surface area contributed by atoms with E-state index in [2.05, 4.69) is 15.7 Å². The van der Waals surface area contributed by atoms with Gasteiger partial charge in [-0.1, -0.05) is 30.3 Å². The van der Waals surface area contributed by atoms with Crippen LogP contribution in [-0.4, -0.2) is 41.4 Å². The highest BCUT2D eigenvalue weighted by Crippen LogP contribution is 2.43. The first-order valence-electron chi connectivity index (χ1n) is 10.1. The number of alkyl halides is 3. The van der Waals surface area contributed by atoms with Gasteiger partial charge in [-0.2, -0.15) is 13.2 Å². The molecule has 5 rings (SSSR count). The molecule has 1 saturated heterocycles. The highest BCUT2D eigenvalue weighted by Gasteiger charge is 2.58. The summed E-state index contributed by atoms with van der Waals surface area (Å²) in [5.74, 6) is -1.43. The molecule has 33 heavy (non-hydrogen) atoms. The molecule has 0 spiro atoms. The molecule has 4 N–H and O–H groups in total. The Morgan fingerprint density at radius 2 is 1.94 bits per heavy atom. The van der Waals surface area contributed by atoms with Crippen LogP contribution in [-0.2, 0) is 4.79 Å². The van der Waals surface area contributed by atoms with E-state index >= 15 is 0 Å². The summed E-state index contributed by atoms with van der Waals surface area (Å²) < 4.78 is 52.9. The second kappa shape index (κ2) is 7.41. The fourth-order valence-corrected chi connectivity index (χ4v) is 4.43. The van der Waals surface area contributed by atoms with Crippen molar-refractivity contribution in [3.05, 3.63) is 59.6 Å². The molecular formula is C22H20F3N5O3. The lowest BCUT2D eigenvalue weighted by atomic mass is 9.89. The summed E-state index contributed by atoms with van der Waals surface area (Å²) in [4.78, 5) is 17.8. The van der Waals surface area contributed by atoms with Gasteiger partial charge >= 0.3 is 6.18 Å². The van der Waals surface area contributed by atoms with Crippen LogP contribution in [0.25, 0.3) is 16.7 Å². The number of fused-ring (bicyclic) bond motifs is 2. The van der Waals surface area contributed by atoms with Crippen LogP contribution in [0.3, 0.4) is 0 Å². The van der Waals surface area contributed by atoms with Crippen molar-refractivity contribution in [3.63, 3.8) is 0 Å². The number of nitrogens with two attached hydrogens (primary N) is 1. The number of hydrazine groups is 1. The molecule has 1 fully saturated rings. The van der Waals surface area contributed by atoms with Crippen molar-refractivity contribution in [3.8, 4) is 5.75 Å². The molecule has 3 heterocycles. The average molecular weight is 459 g/mol. The van der Waals surface area contributed by atoms with E-state index in [1.807, 2.05) is 0 Å². The Morgan fingerprint density at radius 3 is 2.61 bits per heavy atom. The van der Waals surface area contributed by atoms with E-state index in [0.717, 1.165) is 5.01 Å². The van der Waals surface area contributed by atoms with E-state index in [9.17, 15) is 18.0 Å². The van der Waals surface area contributed by atoms with Crippen molar-refractivity contribution in [2.45, 2.75) is 31.2 Å². The Labute approximate surface area is 186 Å².